The van der Waals surface area contributed by atoms with E-state index in [0.29, 0.717) is 17.1 Å². The van der Waals surface area contributed by atoms with Gasteiger partial charge in [0.2, 0.25) is 5.91 Å². The Morgan fingerprint density at radius 2 is 2.39 bits per heavy atom. The summed E-state index contributed by atoms with van der Waals surface area (Å²) in [6, 6.07) is 4.99. The van der Waals surface area contributed by atoms with E-state index in [9.17, 15) is 4.79 Å². The standard InChI is InChI=1S/C10H12N6O2/c1-18-9-4-7(2-3-8(9)11)13-10(17)5-16-6-12-14-15-16/h2-4,6H,5,11H2,1H3,(H,13,17). The lowest BCUT2D eigenvalue weighted by molar-refractivity contribution is -0.116. The number of nitrogens with one attached hydrogen (secondary N) is 1. The molecular formula is C10H12N6O2. The fourth-order valence-electron chi connectivity index (χ4n) is 1.39. The van der Waals surface area contributed by atoms with Gasteiger partial charge in [0.05, 0.1) is 12.8 Å². The average Bonchev–Trinajstić information content (AvgIpc) is 2.84. The van der Waals surface area contributed by atoms with Gasteiger partial charge in [-0.1, -0.05) is 0 Å². The van der Waals surface area contributed by atoms with Gasteiger partial charge >= 0.3 is 0 Å². The highest BCUT2D eigenvalue weighted by molar-refractivity contribution is 5.91. The van der Waals surface area contributed by atoms with Crippen LogP contribution in [0.1, 0.15) is 0 Å². The maximum absolute atomic E-state index is 11.7. The maximum atomic E-state index is 11.7. The van der Waals surface area contributed by atoms with Crippen LogP contribution in [0, 0.1) is 0 Å². The SMILES string of the molecule is COc1cc(NC(=O)Cn2cnnn2)ccc1N. The Morgan fingerprint density at radius 3 is 3.06 bits per heavy atom. The molecule has 0 saturated carbocycles. The second-order valence-corrected chi connectivity index (χ2v) is 3.51. The predicted octanol–water partition coefficient (Wildman–Crippen LogP) is -0.0974. The van der Waals surface area contributed by atoms with Crippen LogP contribution in [0.2, 0.25) is 0 Å². The smallest absolute Gasteiger partial charge is 0.246 e. The molecule has 1 amide bonds. The number of nitrogen functional groups attached to an aromatic ring is 1. The van der Waals surface area contributed by atoms with Gasteiger partial charge in [0.15, 0.2) is 0 Å². The third-order valence-corrected chi connectivity index (χ3v) is 2.21. The first-order valence-electron chi connectivity index (χ1n) is 5.13. The Hall–Kier alpha value is -2.64. The number of hydrogen-bond acceptors (Lipinski definition) is 6. The first-order valence-corrected chi connectivity index (χ1v) is 5.13. The highest BCUT2D eigenvalue weighted by Crippen LogP contribution is 2.24. The zero-order valence-electron chi connectivity index (χ0n) is 9.70. The lowest BCUT2D eigenvalue weighted by Crippen LogP contribution is -2.19. The number of benzene rings is 1. The van der Waals surface area contributed by atoms with Crippen molar-refractivity contribution in [3.63, 3.8) is 0 Å². The van der Waals surface area contributed by atoms with E-state index in [1.165, 1.54) is 18.1 Å². The number of hydrogen-bond donors (Lipinski definition) is 2. The number of ether oxygens (including phenoxy) is 1. The number of nitrogens with two attached hydrogens (primary N) is 1. The monoisotopic (exact) mass is 248 g/mol. The number of rotatable bonds is 4. The first-order chi connectivity index (χ1) is 8.69. The Bertz CT molecular complexity index is 539. The van der Waals surface area contributed by atoms with Crippen molar-refractivity contribution in [2.45, 2.75) is 6.54 Å². The number of carbonyl (C=O) groups is 1. The number of anilines is 2. The van der Waals surface area contributed by atoms with Crippen molar-refractivity contribution in [2.24, 2.45) is 0 Å². The number of nitrogens with zero attached hydrogens (tertiary/aromatic N) is 4. The molecule has 0 saturated heterocycles. The van der Waals surface area contributed by atoms with Gasteiger partial charge in [0.25, 0.3) is 0 Å². The van der Waals surface area contributed by atoms with Crippen molar-refractivity contribution in [1.82, 2.24) is 20.2 Å². The molecule has 8 nitrogen and oxygen atoms in total. The van der Waals surface area contributed by atoms with Crippen LogP contribution in [-0.2, 0) is 11.3 Å². The van der Waals surface area contributed by atoms with E-state index in [2.05, 4.69) is 20.8 Å². The van der Waals surface area contributed by atoms with Crippen LogP contribution in [0.5, 0.6) is 5.75 Å². The van der Waals surface area contributed by atoms with Gasteiger partial charge in [-0.25, -0.2) is 4.68 Å². The van der Waals surface area contributed by atoms with Crippen molar-refractivity contribution in [3.05, 3.63) is 24.5 Å². The summed E-state index contributed by atoms with van der Waals surface area (Å²) in [4.78, 5) is 11.7. The molecule has 2 rings (SSSR count). The lowest BCUT2D eigenvalue weighted by Gasteiger charge is -2.08. The molecule has 0 bridgehead atoms. The van der Waals surface area contributed by atoms with Crippen LogP contribution in [0.3, 0.4) is 0 Å². The topological polar surface area (TPSA) is 108 Å². The fraction of sp³-hybridized carbons (Fsp3) is 0.200. The molecule has 1 heterocycles. The zero-order chi connectivity index (χ0) is 13.0. The number of amides is 1. The first kappa shape index (κ1) is 11.8. The van der Waals surface area contributed by atoms with E-state index in [0.717, 1.165) is 0 Å². The third kappa shape index (κ3) is 2.73. The zero-order valence-corrected chi connectivity index (χ0v) is 9.70. The molecule has 0 radical (unpaired) electrons. The second kappa shape index (κ2) is 5.13. The Balaban J connectivity index is 2.03. The van der Waals surface area contributed by atoms with Crippen LogP contribution in [0.4, 0.5) is 11.4 Å². The van der Waals surface area contributed by atoms with E-state index in [4.69, 9.17) is 10.5 Å². The van der Waals surface area contributed by atoms with E-state index in [1.807, 2.05) is 0 Å². The number of aromatic nitrogens is 4. The summed E-state index contributed by atoms with van der Waals surface area (Å²) < 4.78 is 6.38. The van der Waals surface area contributed by atoms with Gasteiger partial charge in [-0.2, -0.15) is 0 Å². The molecule has 8 heteroatoms. The summed E-state index contributed by atoms with van der Waals surface area (Å²) in [5.74, 6) is 0.268. The Labute approximate surface area is 103 Å². The molecule has 18 heavy (non-hydrogen) atoms. The van der Waals surface area contributed by atoms with Gasteiger partial charge in [0.1, 0.15) is 18.6 Å². The van der Waals surface area contributed by atoms with Gasteiger partial charge in [-0.15, -0.1) is 5.10 Å². The molecule has 2 aromatic rings. The molecule has 0 spiro atoms. The molecular weight excluding hydrogens is 236 g/mol. The minimum atomic E-state index is -0.242. The average molecular weight is 248 g/mol. The molecule has 0 fully saturated rings. The van der Waals surface area contributed by atoms with Crippen LogP contribution < -0.4 is 15.8 Å². The number of tetrazole rings is 1. The Morgan fingerprint density at radius 1 is 1.56 bits per heavy atom. The normalized spacial score (nSPS) is 10.1. The lowest BCUT2D eigenvalue weighted by atomic mass is 10.2. The minimum Gasteiger partial charge on any atom is -0.495 e. The van der Waals surface area contributed by atoms with Gasteiger partial charge in [0, 0.05) is 11.8 Å². The minimum absolute atomic E-state index is 0.0414. The molecule has 1 aromatic heterocycles. The summed E-state index contributed by atoms with van der Waals surface area (Å²) in [7, 11) is 1.51. The summed E-state index contributed by atoms with van der Waals surface area (Å²) in [6.07, 6.45) is 1.36. The summed E-state index contributed by atoms with van der Waals surface area (Å²) in [5.41, 5.74) is 6.78. The highest BCUT2D eigenvalue weighted by atomic mass is 16.5. The fourth-order valence-corrected chi connectivity index (χ4v) is 1.39. The summed E-state index contributed by atoms with van der Waals surface area (Å²) in [5, 5.41) is 13.2. The van der Waals surface area contributed by atoms with Crippen LogP contribution in [0.15, 0.2) is 24.5 Å². The van der Waals surface area contributed by atoms with Crippen LogP contribution in [-0.4, -0.2) is 33.2 Å². The highest BCUT2D eigenvalue weighted by Gasteiger charge is 2.06. The summed E-state index contributed by atoms with van der Waals surface area (Å²) >= 11 is 0. The molecule has 0 aliphatic carbocycles. The van der Waals surface area contributed by atoms with Crippen LogP contribution in [0.25, 0.3) is 0 Å². The van der Waals surface area contributed by atoms with Crippen molar-refractivity contribution < 1.29 is 9.53 Å². The molecule has 3 N–H and O–H groups in total. The van der Waals surface area contributed by atoms with E-state index in [-0.39, 0.29) is 12.5 Å². The van der Waals surface area contributed by atoms with Gasteiger partial charge in [-0.3, -0.25) is 4.79 Å². The third-order valence-electron chi connectivity index (χ3n) is 2.21. The van der Waals surface area contributed by atoms with Gasteiger partial charge < -0.3 is 15.8 Å². The van der Waals surface area contributed by atoms with Crippen molar-refractivity contribution in [3.8, 4) is 5.75 Å². The molecule has 0 unspecified atom stereocenters. The van der Waals surface area contributed by atoms with E-state index >= 15 is 0 Å². The second-order valence-electron chi connectivity index (χ2n) is 3.51. The molecule has 0 aliphatic heterocycles. The molecule has 94 valence electrons. The number of methoxy groups -OCH3 is 1. The predicted molar refractivity (Wildman–Crippen MR) is 63.9 cm³/mol. The van der Waals surface area contributed by atoms with Crippen molar-refractivity contribution in [2.75, 3.05) is 18.2 Å². The van der Waals surface area contributed by atoms with Crippen molar-refractivity contribution in [1.29, 1.82) is 0 Å². The van der Waals surface area contributed by atoms with E-state index in [1.54, 1.807) is 18.2 Å². The van der Waals surface area contributed by atoms with Crippen molar-refractivity contribution >= 4 is 17.3 Å². The maximum Gasteiger partial charge on any atom is 0.246 e. The van der Waals surface area contributed by atoms with Crippen LogP contribution >= 0.6 is 0 Å². The number of carbonyl (C=O) groups excluding carboxylic acids is 1. The molecule has 0 aliphatic rings. The Kier molecular flexibility index (Phi) is 3.37. The van der Waals surface area contributed by atoms with E-state index < -0.39 is 0 Å². The summed E-state index contributed by atoms with van der Waals surface area (Å²) in [6.45, 7) is 0.0414. The van der Waals surface area contributed by atoms with Gasteiger partial charge in [-0.05, 0) is 22.6 Å². The molecule has 1 aromatic carbocycles. The quantitative estimate of drug-likeness (QED) is 0.731. The molecule has 0 atom stereocenters. The largest absolute Gasteiger partial charge is 0.495 e.